The van der Waals surface area contributed by atoms with Gasteiger partial charge in [-0.1, -0.05) is 30.3 Å². The van der Waals surface area contributed by atoms with Crippen LogP contribution in [0.25, 0.3) is 0 Å². The van der Waals surface area contributed by atoms with Crippen LogP contribution < -0.4 is 5.32 Å². The second kappa shape index (κ2) is 12.9. The normalized spacial score (nSPS) is 14.8. The zero-order chi connectivity index (χ0) is 21.0. The third-order valence-electron chi connectivity index (χ3n) is 3.69. The summed E-state index contributed by atoms with van der Waals surface area (Å²) in [4.78, 5) is 0. The summed E-state index contributed by atoms with van der Waals surface area (Å²) in [5.74, 6) is -1.16. The van der Waals surface area contributed by atoms with Crippen molar-refractivity contribution < 1.29 is 31.7 Å². The molecule has 1 aromatic carbocycles. The highest BCUT2D eigenvalue weighted by Gasteiger charge is 2.43. The van der Waals surface area contributed by atoms with E-state index in [1.807, 2.05) is 37.3 Å². The van der Waals surface area contributed by atoms with Gasteiger partial charge >= 0.3 is 15.4 Å². The van der Waals surface area contributed by atoms with E-state index in [9.17, 15) is 9.13 Å². The first-order chi connectivity index (χ1) is 13.3. The van der Waals surface area contributed by atoms with E-state index in [4.69, 9.17) is 22.6 Å². The van der Waals surface area contributed by atoms with Gasteiger partial charge in [0.2, 0.25) is 0 Å². The molecule has 1 aromatic rings. The number of rotatable bonds is 15. The molecule has 1 rings (SSSR count). The highest BCUT2D eigenvalue weighted by Crippen LogP contribution is 2.61. The Morgan fingerprint density at radius 3 is 1.82 bits per heavy atom. The summed E-state index contributed by atoms with van der Waals surface area (Å²) < 4.78 is 53.0. The van der Waals surface area contributed by atoms with Crippen molar-refractivity contribution in [3.05, 3.63) is 35.9 Å². The minimum absolute atomic E-state index is 0.0669. The Kier molecular flexibility index (Phi) is 11.7. The molecule has 1 N–H and O–H groups in total. The van der Waals surface area contributed by atoms with Gasteiger partial charge in [0.15, 0.2) is 5.85 Å². The maximum atomic E-state index is 13.3. The summed E-state index contributed by atoms with van der Waals surface area (Å²) >= 11 is 0. The number of benzene rings is 1. The Balaban J connectivity index is 3.05. The molecule has 0 spiro atoms. The lowest BCUT2D eigenvalue weighted by atomic mass is 10.1. The van der Waals surface area contributed by atoms with Crippen LogP contribution in [0.2, 0.25) is 0 Å². The Morgan fingerprint density at radius 2 is 1.36 bits per heavy atom. The van der Waals surface area contributed by atoms with Crippen LogP contribution in [0.5, 0.6) is 0 Å². The molecule has 0 amide bonds. The summed E-state index contributed by atoms with van der Waals surface area (Å²) in [6.07, 6.45) is 0. The first-order valence-electron chi connectivity index (χ1n) is 9.58. The zero-order valence-corrected chi connectivity index (χ0v) is 19.1. The highest BCUT2D eigenvalue weighted by molar-refractivity contribution is 7.56. The molecule has 1 unspecified atom stereocenters. The van der Waals surface area contributed by atoms with Crippen molar-refractivity contribution in [2.75, 3.05) is 33.0 Å². The number of phosphoric acid groups is 1. The first kappa shape index (κ1) is 25.5. The van der Waals surface area contributed by atoms with Gasteiger partial charge in [-0.15, -0.1) is 0 Å². The smallest absolute Gasteiger partial charge is 0.307 e. The van der Waals surface area contributed by atoms with E-state index in [0.717, 1.165) is 5.56 Å². The lowest BCUT2D eigenvalue weighted by Gasteiger charge is -2.29. The minimum Gasteiger partial charge on any atom is -0.307 e. The Hall–Kier alpha value is -0.560. The van der Waals surface area contributed by atoms with Gasteiger partial charge in [0, 0.05) is 12.6 Å². The molecule has 10 heteroatoms. The monoisotopic (exact) mass is 437 g/mol. The molecule has 0 fully saturated rings. The van der Waals surface area contributed by atoms with Gasteiger partial charge in [-0.2, -0.15) is 0 Å². The highest BCUT2D eigenvalue weighted by atomic mass is 31.2. The lowest BCUT2D eigenvalue weighted by molar-refractivity contribution is 0.0880. The van der Waals surface area contributed by atoms with E-state index >= 15 is 0 Å². The third kappa shape index (κ3) is 8.05. The molecule has 162 valence electrons. The van der Waals surface area contributed by atoms with Gasteiger partial charge in [-0.05, 0) is 40.2 Å². The lowest BCUT2D eigenvalue weighted by Crippen LogP contribution is -2.32. The average Bonchev–Trinajstić information content (AvgIpc) is 2.66. The second-order valence-electron chi connectivity index (χ2n) is 5.76. The van der Waals surface area contributed by atoms with Crippen molar-refractivity contribution in [1.29, 1.82) is 0 Å². The Bertz CT molecular complexity index is 624. The number of hydrogen-bond donors (Lipinski definition) is 1. The molecule has 8 nitrogen and oxygen atoms in total. The summed E-state index contributed by atoms with van der Waals surface area (Å²) in [7, 11) is -7.66. The van der Waals surface area contributed by atoms with Crippen LogP contribution in [0.1, 0.15) is 46.2 Å². The summed E-state index contributed by atoms with van der Waals surface area (Å²) in [5, 5.41) is 3.24. The predicted octanol–water partition coefficient (Wildman–Crippen LogP) is 5.13. The Labute approximate surface area is 168 Å². The number of nitrogens with one attached hydrogen (secondary N) is 1. The standard InChI is InChI=1S/C18H33NO7P2/c1-6-22-27(20,23-7-2)18(26-28(21,24-8-3)25-9-4)15-19-16(5)17-13-11-10-12-14-17/h10-14,16,18-19H,6-9,15H2,1-5H3/t16-,18?/m1/s1. The van der Waals surface area contributed by atoms with Gasteiger partial charge in [-0.3, -0.25) is 18.1 Å². The van der Waals surface area contributed by atoms with Crippen molar-refractivity contribution in [2.45, 2.75) is 46.5 Å². The van der Waals surface area contributed by atoms with E-state index in [2.05, 4.69) is 5.32 Å². The SMILES string of the molecule is CCOP(=O)(OCC)OC(CN[C@H](C)c1ccccc1)P(=O)(OCC)OCC. The molecule has 28 heavy (non-hydrogen) atoms. The van der Waals surface area contributed by atoms with Gasteiger partial charge in [0.05, 0.1) is 26.4 Å². The molecule has 0 aliphatic heterocycles. The van der Waals surface area contributed by atoms with Crippen LogP contribution in [0.15, 0.2) is 30.3 Å². The molecule has 0 saturated heterocycles. The molecule has 0 saturated carbocycles. The molecule has 0 aromatic heterocycles. The summed E-state index contributed by atoms with van der Waals surface area (Å²) in [6.45, 7) is 9.31. The fraction of sp³-hybridized carbons (Fsp3) is 0.667. The van der Waals surface area contributed by atoms with Gasteiger partial charge in [0.25, 0.3) is 0 Å². The molecular formula is C18H33NO7P2. The summed E-state index contributed by atoms with van der Waals surface area (Å²) in [6, 6.07) is 9.69. The van der Waals surface area contributed by atoms with Crippen molar-refractivity contribution >= 4 is 15.4 Å². The summed E-state index contributed by atoms with van der Waals surface area (Å²) in [5.41, 5.74) is 1.04. The van der Waals surface area contributed by atoms with Gasteiger partial charge < -0.3 is 14.4 Å². The molecule has 0 radical (unpaired) electrons. The van der Waals surface area contributed by atoms with E-state index in [1.54, 1.807) is 27.7 Å². The van der Waals surface area contributed by atoms with E-state index in [1.165, 1.54) is 0 Å². The van der Waals surface area contributed by atoms with Crippen LogP contribution >= 0.6 is 15.4 Å². The van der Waals surface area contributed by atoms with E-state index < -0.39 is 21.3 Å². The fourth-order valence-corrected chi connectivity index (χ4v) is 5.94. The van der Waals surface area contributed by atoms with Crippen molar-refractivity contribution in [1.82, 2.24) is 5.32 Å². The Morgan fingerprint density at radius 1 is 0.857 bits per heavy atom. The van der Waals surface area contributed by atoms with E-state index in [0.29, 0.717) is 0 Å². The maximum absolute atomic E-state index is 13.3. The van der Waals surface area contributed by atoms with Gasteiger partial charge in [0.1, 0.15) is 0 Å². The maximum Gasteiger partial charge on any atom is 0.475 e. The molecule has 0 bridgehead atoms. The fourth-order valence-electron chi connectivity index (χ4n) is 2.47. The molecule has 0 aliphatic rings. The topological polar surface area (TPSA) is 92.3 Å². The van der Waals surface area contributed by atoms with Crippen LogP contribution in [0.3, 0.4) is 0 Å². The second-order valence-corrected chi connectivity index (χ2v) is 9.55. The molecule has 2 atom stereocenters. The van der Waals surface area contributed by atoms with Crippen molar-refractivity contribution in [3.63, 3.8) is 0 Å². The van der Waals surface area contributed by atoms with E-state index in [-0.39, 0.29) is 39.0 Å². The minimum atomic E-state index is -3.92. The molecule has 0 heterocycles. The first-order valence-corrected chi connectivity index (χ1v) is 12.7. The largest absolute Gasteiger partial charge is 0.475 e. The van der Waals surface area contributed by atoms with Crippen molar-refractivity contribution in [3.8, 4) is 0 Å². The van der Waals surface area contributed by atoms with Crippen LogP contribution in [-0.4, -0.2) is 38.8 Å². The van der Waals surface area contributed by atoms with Crippen LogP contribution in [-0.2, 0) is 31.7 Å². The molecular weight excluding hydrogens is 404 g/mol. The van der Waals surface area contributed by atoms with Crippen molar-refractivity contribution in [2.24, 2.45) is 0 Å². The number of phosphoric ester groups is 1. The number of hydrogen-bond acceptors (Lipinski definition) is 8. The third-order valence-corrected chi connectivity index (χ3v) is 7.75. The van der Waals surface area contributed by atoms with Crippen LogP contribution in [0, 0.1) is 0 Å². The molecule has 0 aliphatic carbocycles. The van der Waals surface area contributed by atoms with Crippen LogP contribution in [0.4, 0.5) is 0 Å². The quantitative estimate of drug-likeness (QED) is 0.378. The van der Waals surface area contributed by atoms with Gasteiger partial charge in [-0.25, -0.2) is 4.57 Å². The zero-order valence-electron chi connectivity index (χ0n) is 17.3. The predicted molar refractivity (Wildman–Crippen MR) is 109 cm³/mol. The average molecular weight is 437 g/mol.